The molecule has 0 spiro atoms. The quantitative estimate of drug-likeness (QED) is 0.674. The summed E-state index contributed by atoms with van der Waals surface area (Å²) in [6.45, 7) is 0. The van der Waals surface area contributed by atoms with Crippen molar-refractivity contribution >= 4 is 11.6 Å². The minimum atomic E-state index is -0.352. The van der Waals surface area contributed by atoms with Crippen molar-refractivity contribution in [2.75, 3.05) is 0 Å². The molecule has 2 aromatic rings. The summed E-state index contributed by atoms with van der Waals surface area (Å²) in [6, 6.07) is 7.86. The third-order valence-electron chi connectivity index (χ3n) is 1.74. The zero-order valence-corrected chi connectivity index (χ0v) is 7.87. The highest BCUT2D eigenvalue weighted by molar-refractivity contribution is 6.29. The molecule has 0 saturated heterocycles. The summed E-state index contributed by atoms with van der Waals surface area (Å²) in [7, 11) is 0. The van der Waals surface area contributed by atoms with E-state index in [0.717, 1.165) is 0 Å². The average Bonchev–Trinajstić information content (AvgIpc) is 2.18. The maximum atomic E-state index is 13.3. The molecule has 0 N–H and O–H groups in total. The highest BCUT2D eigenvalue weighted by Crippen LogP contribution is 2.19. The number of nitrogens with zero attached hydrogens (tertiary/aromatic N) is 2. The van der Waals surface area contributed by atoms with E-state index in [4.69, 9.17) is 11.6 Å². The smallest absolute Gasteiger partial charge is 0.163 e. The summed E-state index contributed by atoms with van der Waals surface area (Å²) >= 11 is 5.67. The lowest BCUT2D eigenvalue weighted by atomic mass is 10.2. The number of aromatic nitrogens is 2. The summed E-state index contributed by atoms with van der Waals surface area (Å²) in [5.41, 5.74) is 0.356. The van der Waals surface area contributed by atoms with Gasteiger partial charge in [-0.1, -0.05) is 23.7 Å². The van der Waals surface area contributed by atoms with E-state index in [1.807, 2.05) is 0 Å². The Bertz CT molecular complexity index is 459. The van der Waals surface area contributed by atoms with Gasteiger partial charge in [0.1, 0.15) is 11.0 Å². The van der Waals surface area contributed by atoms with E-state index in [1.165, 1.54) is 12.3 Å². The minimum Gasteiger partial charge on any atom is -0.236 e. The van der Waals surface area contributed by atoms with Crippen LogP contribution in [0.4, 0.5) is 4.39 Å². The molecule has 0 fully saturated rings. The first-order valence-electron chi connectivity index (χ1n) is 4.01. The summed E-state index contributed by atoms with van der Waals surface area (Å²) in [5, 5.41) is 0.304. The first-order chi connectivity index (χ1) is 6.77. The van der Waals surface area contributed by atoms with Crippen molar-refractivity contribution in [2.24, 2.45) is 0 Å². The molecule has 0 saturated carbocycles. The lowest BCUT2D eigenvalue weighted by Gasteiger charge is -2.00. The van der Waals surface area contributed by atoms with Gasteiger partial charge in [-0.25, -0.2) is 14.4 Å². The Balaban J connectivity index is 2.55. The molecular formula is C10H6ClFN2. The van der Waals surface area contributed by atoms with E-state index in [-0.39, 0.29) is 5.82 Å². The number of benzene rings is 1. The fourth-order valence-electron chi connectivity index (χ4n) is 1.11. The molecule has 0 unspecified atom stereocenters. The van der Waals surface area contributed by atoms with Gasteiger partial charge in [0.25, 0.3) is 0 Å². The van der Waals surface area contributed by atoms with Gasteiger partial charge in [0, 0.05) is 6.20 Å². The van der Waals surface area contributed by atoms with Gasteiger partial charge in [-0.15, -0.1) is 0 Å². The molecule has 70 valence electrons. The van der Waals surface area contributed by atoms with Gasteiger partial charge in [0.2, 0.25) is 0 Å². The summed E-state index contributed by atoms with van der Waals surface area (Å²) in [4.78, 5) is 7.85. The van der Waals surface area contributed by atoms with Crippen molar-refractivity contribution in [1.29, 1.82) is 0 Å². The molecule has 2 nitrogen and oxygen atoms in total. The molecule has 4 heteroatoms. The standard InChI is InChI=1S/C10H6ClFN2/c11-9-5-6-13-10(14-9)7-3-1-2-4-8(7)12/h1-6H. The Labute approximate surface area is 85.4 Å². The highest BCUT2D eigenvalue weighted by atomic mass is 35.5. The van der Waals surface area contributed by atoms with Crippen LogP contribution < -0.4 is 0 Å². The third-order valence-corrected chi connectivity index (χ3v) is 1.95. The molecule has 1 heterocycles. The van der Waals surface area contributed by atoms with Crippen LogP contribution in [0.25, 0.3) is 11.4 Å². The zero-order chi connectivity index (χ0) is 9.97. The molecule has 2 rings (SSSR count). The van der Waals surface area contributed by atoms with Gasteiger partial charge in [-0.2, -0.15) is 0 Å². The molecule has 0 bridgehead atoms. The molecular weight excluding hydrogens is 203 g/mol. The second-order valence-corrected chi connectivity index (χ2v) is 3.07. The van der Waals surface area contributed by atoms with Gasteiger partial charge in [-0.05, 0) is 18.2 Å². The summed E-state index contributed by atoms with van der Waals surface area (Å²) in [5.74, 6) is -0.0506. The summed E-state index contributed by atoms with van der Waals surface area (Å²) < 4.78 is 13.3. The lowest BCUT2D eigenvalue weighted by molar-refractivity contribution is 0.630. The zero-order valence-electron chi connectivity index (χ0n) is 7.11. The average molecular weight is 209 g/mol. The number of halogens is 2. The predicted octanol–water partition coefficient (Wildman–Crippen LogP) is 2.94. The van der Waals surface area contributed by atoms with Crippen LogP contribution >= 0.6 is 11.6 Å². The SMILES string of the molecule is Fc1ccccc1-c1nccc(Cl)n1. The van der Waals surface area contributed by atoms with Crippen LogP contribution in [-0.4, -0.2) is 9.97 Å². The van der Waals surface area contributed by atoms with E-state index < -0.39 is 0 Å². The van der Waals surface area contributed by atoms with Crippen molar-refractivity contribution in [3.63, 3.8) is 0 Å². The second kappa shape index (κ2) is 3.72. The van der Waals surface area contributed by atoms with Crippen LogP contribution in [0.2, 0.25) is 5.15 Å². The monoisotopic (exact) mass is 208 g/mol. The Morgan fingerprint density at radius 3 is 2.64 bits per heavy atom. The summed E-state index contributed by atoms with van der Waals surface area (Å²) in [6.07, 6.45) is 1.50. The number of hydrogen-bond donors (Lipinski definition) is 0. The van der Waals surface area contributed by atoms with E-state index in [2.05, 4.69) is 9.97 Å². The molecule has 0 amide bonds. The van der Waals surface area contributed by atoms with E-state index in [1.54, 1.807) is 24.3 Å². The van der Waals surface area contributed by atoms with E-state index >= 15 is 0 Å². The fraction of sp³-hybridized carbons (Fsp3) is 0. The minimum absolute atomic E-state index is 0.301. The van der Waals surface area contributed by atoms with Gasteiger partial charge in [0.15, 0.2) is 5.82 Å². The van der Waals surface area contributed by atoms with Crippen molar-refractivity contribution in [1.82, 2.24) is 9.97 Å². The van der Waals surface area contributed by atoms with Crippen LogP contribution in [0, 0.1) is 5.82 Å². The van der Waals surface area contributed by atoms with E-state index in [0.29, 0.717) is 16.5 Å². The first kappa shape index (κ1) is 9.09. The second-order valence-electron chi connectivity index (χ2n) is 2.68. The maximum Gasteiger partial charge on any atom is 0.163 e. The van der Waals surface area contributed by atoms with Crippen molar-refractivity contribution in [2.45, 2.75) is 0 Å². The normalized spacial score (nSPS) is 10.1. The highest BCUT2D eigenvalue weighted by Gasteiger charge is 2.06. The molecule has 14 heavy (non-hydrogen) atoms. The Morgan fingerprint density at radius 1 is 1.14 bits per heavy atom. The molecule has 0 radical (unpaired) electrons. The van der Waals surface area contributed by atoms with Crippen LogP contribution in [0.5, 0.6) is 0 Å². The third kappa shape index (κ3) is 1.72. The van der Waals surface area contributed by atoms with Gasteiger partial charge < -0.3 is 0 Å². The predicted molar refractivity (Wildman–Crippen MR) is 52.4 cm³/mol. The van der Waals surface area contributed by atoms with Crippen LogP contribution in [0.1, 0.15) is 0 Å². The Hall–Kier alpha value is -1.48. The lowest BCUT2D eigenvalue weighted by Crippen LogP contribution is -1.90. The first-order valence-corrected chi connectivity index (χ1v) is 4.38. The van der Waals surface area contributed by atoms with Gasteiger partial charge in [-0.3, -0.25) is 0 Å². The van der Waals surface area contributed by atoms with Crippen molar-refractivity contribution in [3.05, 3.63) is 47.5 Å². The largest absolute Gasteiger partial charge is 0.236 e. The van der Waals surface area contributed by atoms with Crippen molar-refractivity contribution in [3.8, 4) is 11.4 Å². The number of rotatable bonds is 1. The molecule has 0 aliphatic rings. The molecule has 0 atom stereocenters. The Kier molecular flexibility index (Phi) is 2.41. The number of hydrogen-bond acceptors (Lipinski definition) is 2. The van der Waals surface area contributed by atoms with E-state index in [9.17, 15) is 4.39 Å². The van der Waals surface area contributed by atoms with Crippen LogP contribution in [0.15, 0.2) is 36.5 Å². The van der Waals surface area contributed by atoms with Crippen LogP contribution in [-0.2, 0) is 0 Å². The topological polar surface area (TPSA) is 25.8 Å². The molecule has 1 aromatic heterocycles. The molecule has 0 aliphatic heterocycles. The Morgan fingerprint density at radius 2 is 1.93 bits per heavy atom. The molecule has 0 aliphatic carbocycles. The van der Waals surface area contributed by atoms with Gasteiger partial charge >= 0.3 is 0 Å². The maximum absolute atomic E-state index is 13.3. The van der Waals surface area contributed by atoms with Crippen molar-refractivity contribution < 1.29 is 4.39 Å². The van der Waals surface area contributed by atoms with Gasteiger partial charge in [0.05, 0.1) is 5.56 Å². The van der Waals surface area contributed by atoms with Crippen LogP contribution in [0.3, 0.4) is 0 Å². The fourth-order valence-corrected chi connectivity index (χ4v) is 1.25. The molecule has 1 aromatic carbocycles.